The first-order chi connectivity index (χ1) is 9.22. The van der Waals surface area contributed by atoms with E-state index in [0.29, 0.717) is 11.4 Å². The lowest BCUT2D eigenvalue weighted by atomic mass is 10.2. The topological polar surface area (TPSA) is 48.1 Å². The van der Waals surface area contributed by atoms with Crippen LogP contribution in [0, 0.1) is 5.82 Å². The lowest BCUT2D eigenvalue weighted by Crippen LogP contribution is -1.92. The van der Waals surface area contributed by atoms with Gasteiger partial charge in [0, 0.05) is 17.1 Å². The van der Waals surface area contributed by atoms with Crippen molar-refractivity contribution >= 4 is 16.6 Å². The SMILES string of the molecule is Nc1ccc(Oc2cnc3ccccc3c2)c(F)c1. The first kappa shape index (κ1) is 11.5. The van der Waals surface area contributed by atoms with Gasteiger partial charge in [-0.3, -0.25) is 4.98 Å². The second kappa shape index (κ2) is 4.57. The van der Waals surface area contributed by atoms with Gasteiger partial charge in [-0.2, -0.15) is 0 Å². The molecule has 1 aromatic heterocycles. The second-order valence-electron chi connectivity index (χ2n) is 4.16. The number of pyridine rings is 1. The van der Waals surface area contributed by atoms with Crippen molar-refractivity contribution in [3.05, 3.63) is 60.5 Å². The lowest BCUT2D eigenvalue weighted by Gasteiger charge is -2.07. The van der Waals surface area contributed by atoms with Gasteiger partial charge in [-0.15, -0.1) is 0 Å². The van der Waals surface area contributed by atoms with Gasteiger partial charge < -0.3 is 10.5 Å². The van der Waals surface area contributed by atoms with Crippen LogP contribution in [0.15, 0.2) is 54.7 Å². The van der Waals surface area contributed by atoms with Crippen LogP contribution in [-0.2, 0) is 0 Å². The Morgan fingerprint density at radius 3 is 2.74 bits per heavy atom. The van der Waals surface area contributed by atoms with Crippen molar-refractivity contribution < 1.29 is 9.13 Å². The van der Waals surface area contributed by atoms with E-state index in [1.54, 1.807) is 12.3 Å². The fraction of sp³-hybridized carbons (Fsp3) is 0. The number of nitrogen functional groups attached to an aromatic ring is 1. The molecular formula is C15H11FN2O. The van der Waals surface area contributed by atoms with Crippen molar-refractivity contribution in [2.24, 2.45) is 0 Å². The van der Waals surface area contributed by atoms with Crippen molar-refractivity contribution in [3.63, 3.8) is 0 Å². The molecule has 0 aliphatic heterocycles. The number of aromatic nitrogens is 1. The minimum Gasteiger partial charge on any atom is -0.453 e. The molecule has 0 bridgehead atoms. The van der Waals surface area contributed by atoms with E-state index in [4.69, 9.17) is 10.5 Å². The fourth-order valence-corrected chi connectivity index (χ4v) is 1.83. The molecule has 2 N–H and O–H groups in total. The van der Waals surface area contributed by atoms with Crippen LogP contribution < -0.4 is 10.5 Å². The number of ether oxygens (including phenoxy) is 1. The number of halogens is 1. The Bertz CT molecular complexity index is 743. The standard InChI is InChI=1S/C15H11FN2O/c16-13-8-11(17)5-6-15(13)19-12-7-10-3-1-2-4-14(10)18-9-12/h1-9H,17H2. The molecule has 1 heterocycles. The Kier molecular flexibility index (Phi) is 2.76. The van der Waals surface area contributed by atoms with Crippen LogP contribution in [0.5, 0.6) is 11.5 Å². The summed E-state index contributed by atoms with van der Waals surface area (Å²) in [6.45, 7) is 0. The number of hydrogen-bond donors (Lipinski definition) is 1. The van der Waals surface area contributed by atoms with E-state index in [9.17, 15) is 4.39 Å². The van der Waals surface area contributed by atoms with Gasteiger partial charge in [0.2, 0.25) is 0 Å². The lowest BCUT2D eigenvalue weighted by molar-refractivity contribution is 0.441. The smallest absolute Gasteiger partial charge is 0.167 e. The van der Waals surface area contributed by atoms with E-state index in [2.05, 4.69) is 4.98 Å². The monoisotopic (exact) mass is 254 g/mol. The molecule has 0 unspecified atom stereocenters. The average Bonchev–Trinajstić information content (AvgIpc) is 2.42. The Hall–Kier alpha value is -2.62. The van der Waals surface area contributed by atoms with Crippen LogP contribution in [0.2, 0.25) is 0 Å². The number of fused-ring (bicyclic) bond motifs is 1. The van der Waals surface area contributed by atoms with Crippen molar-refractivity contribution in [2.75, 3.05) is 5.73 Å². The van der Waals surface area contributed by atoms with Gasteiger partial charge in [0.1, 0.15) is 5.75 Å². The summed E-state index contributed by atoms with van der Waals surface area (Å²) in [5, 5.41) is 0.941. The van der Waals surface area contributed by atoms with Crippen LogP contribution in [0.4, 0.5) is 10.1 Å². The average molecular weight is 254 g/mol. The van der Waals surface area contributed by atoms with Crippen LogP contribution in [-0.4, -0.2) is 4.98 Å². The number of nitrogens with zero attached hydrogens (tertiary/aromatic N) is 1. The van der Waals surface area contributed by atoms with Crippen molar-refractivity contribution in [3.8, 4) is 11.5 Å². The molecule has 3 rings (SSSR count). The predicted molar refractivity (Wildman–Crippen MR) is 72.6 cm³/mol. The van der Waals surface area contributed by atoms with Gasteiger partial charge in [-0.05, 0) is 24.3 Å². The third-order valence-corrected chi connectivity index (χ3v) is 2.75. The minimum absolute atomic E-state index is 0.131. The zero-order chi connectivity index (χ0) is 13.2. The van der Waals surface area contributed by atoms with E-state index in [0.717, 1.165) is 10.9 Å². The summed E-state index contributed by atoms with van der Waals surface area (Å²) in [7, 11) is 0. The first-order valence-electron chi connectivity index (χ1n) is 5.80. The molecule has 0 aliphatic carbocycles. The summed E-state index contributed by atoms with van der Waals surface area (Å²) in [5.41, 5.74) is 6.72. The summed E-state index contributed by atoms with van der Waals surface area (Å²) in [4.78, 5) is 4.25. The number of hydrogen-bond acceptors (Lipinski definition) is 3. The van der Waals surface area contributed by atoms with Gasteiger partial charge >= 0.3 is 0 Å². The highest BCUT2D eigenvalue weighted by molar-refractivity contribution is 5.79. The molecule has 0 saturated heterocycles. The molecule has 3 nitrogen and oxygen atoms in total. The zero-order valence-corrected chi connectivity index (χ0v) is 10.0. The van der Waals surface area contributed by atoms with Gasteiger partial charge in [-0.25, -0.2) is 4.39 Å². The fourth-order valence-electron chi connectivity index (χ4n) is 1.83. The van der Waals surface area contributed by atoms with Gasteiger partial charge in [-0.1, -0.05) is 18.2 Å². The van der Waals surface area contributed by atoms with Gasteiger partial charge in [0.15, 0.2) is 11.6 Å². The van der Waals surface area contributed by atoms with Gasteiger partial charge in [0.05, 0.1) is 11.7 Å². The summed E-state index contributed by atoms with van der Waals surface area (Å²) < 4.78 is 19.1. The summed E-state index contributed by atoms with van der Waals surface area (Å²) in [5.74, 6) is 0.127. The van der Waals surface area contributed by atoms with E-state index < -0.39 is 5.82 Å². The maximum absolute atomic E-state index is 13.6. The molecule has 0 atom stereocenters. The summed E-state index contributed by atoms with van der Waals surface area (Å²) >= 11 is 0. The molecule has 94 valence electrons. The van der Waals surface area contributed by atoms with Crippen molar-refractivity contribution in [1.82, 2.24) is 4.98 Å². The van der Waals surface area contributed by atoms with Crippen LogP contribution in [0.1, 0.15) is 0 Å². The normalized spacial score (nSPS) is 10.6. The van der Waals surface area contributed by atoms with Crippen molar-refractivity contribution in [2.45, 2.75) is 0 Å². The molecule has 19 heavy (non-hydrogen) atoms. The molecule has 0 saturated carbocycles. The van der Waals surface area contributed by atoms with E-state index >= 15 is 0 Å². The Morgan fingerprint density at radius 2 is 1.89 bits per heavy atom. The molecule has 0 amide bonds. The maximum Gasteiger partial charge on any atom is 0.167 e. The number of benzene rings is 2. The van der Waals surface area contributed by atoms with Crippen LogP contribution in [0.3, 0.4) is 0 Å². The largest absolute Gasteiger partial charge is 0.453 e. The number of rotatable bonds is 2. The van der Waals surface area contributed by atoms with E-state index in [-0.39, 0.29) is 5.75 Å². The highest BCUT2D eigenvalue weighted by Crippen LogP contribution is 2.27. The zero-order valence-electron chi connectivity index (χ0n) is 10.0. The second-order valence-corrected chi connectivity index (χ2v) is 4.16. The first-order valence-corrected chi connectivity index (χ1v) is 5.80. The molecule has 3 aromatic rings. The van der Waals surface area contributed by atoms with E-state index in [1.165, 1.54) is 12.1 Å². The third-order valence-electron chi connectivity index (χ3n) is 2.75. The number of para-hydroxylation sites is 1. The third kappa shape index (κ3) is 2.33. The highest BCUT2D eigenvalue weighted by Gasteiger charge is 2.06. The molecule has 2 aromatic carbocycles. The summed E-state index contributed by atoms with van der Waals surface area (Å²) in [6, 6.07) is 13.8. The molecule has 4 heteroatoms. The van der Waals surface area contributed by atoms with Crippen LogP contribution >= 0.6 is 0 Å². The highest BCUT2D eigenvalue weighted by atomic mass is 19.1. The Balaban J connectivity index is 1.96. The Morgan fingerprint density at radius 1 is 1.05 bits per heavy atom. The van der Waals surface area contributed by atoms with Gasteiger partial charge in [0.25, 0.3) is 0 Å². The molecule has 0 aliphatic rings. The molecule has 0 radical (unpaired) electrons. The quantitative estimate of drug-likeness (QED) is 0.708. The molecular weight excluding hydrogens is 243 g/mol. The minimum atomic E-state index is -0.492. The molecule has 0 spiro atoms. The van der Waals surface area contributed by atoms with Crippen molar-refractivity contribution in [1.29, 1.82) is 0 Å². The Labute approximate surface area is 109 Å². The molecule has 0 fully saturated rings. The van der Waals surface area contributed by atoms with E-state index in [1.807, 2.05) is 30.3 Å². The maximum atomic E-state index is 13.6. The number of nitrogens with two attached hydrogens (primary N) is 1. The number of anilines is 1. The van der Waals surface area contributed by atoms with Crippen LogP contribution in [0.25, 0.3) is 10.9 Å². The summed E-state index contributed by atoms with van der Waals surface area (Å²) in [6.07, 6.45) is 1.57. The predicted octanol–water partition coefficient (Wildman–Crippen LogP) is 3.75.